The second kappa shape index (κ2) is 4.60. The Balaban J connectivity index is 3.02. The summed E-state index contributed by atoms with van der Waals surface area (Å²) in [5.41, 5.74) is -1.02. The summed E-state index contributed by atoms with van der Waals surface area (Å²) < 4.78 is 1.65. The molecule has 17 heavy (non-hydrogen) atoms. The Morgan fingerprint density at radius 2 is 2.06 bits per heavy atom. The van der Waals surface area contributed by atoms with Gasteiger partial charge in [-0.2, -0.15) is 4.68 Å². The number of nitrogens with one attached hydrogen (secondary N) is 1. The van der Waals surface area contributed by atoms with Crippen molar-refractivity contribution in [1.29, 1.82) is 0 Å². The molecule has 3 N–H and O–H groups in total. The highest BCUT2D eigenvalue weighted by Crippen LogP contribution is 2.06. The van der Waals surface area contributed by atoms with Crippen molar-refractivity contribution in [2.45, 2.75) is 46.1 Å². The first-order chi connectivity index (χ1) is 7.82. The lowest BCUT2D eigenvalue weighted by Crippen LogP contribution is -2.48. The number of amides is 1. The number of rotatable bonds is 3. The summed E-state index contributed by atoms with van der Waals surface area (Å²) in [6.45, 7) is 7.50. The Morgan fingerprint density at radius 3 is 2.47 bits per heavy atom. The Morgan fingerprint density at radius 1 is 1.47 bits per heavy atom. The quantitative estimate of drug-likeness (QED) is 0.732. The molecule has 1 aromatic heterocycles. The van der Waals surface area contributed by atoms with Crippen molar-refractivity contribution in [3.8, 4) is 0 Å². The molecule has 0 saturated carbocycles. The zero-order valence-corrected chi connectivity index (χ0v) is 10.6. The Bertz CT molecular complexity index is 472. The lowest BCUT2D eigenvalue weighted by atomic mass is 10.0. The summed E-state index contributed by atoms with van der Waals surface area (Å²) in [6.07, 6.45) is 1.24. The minimum atomic E-state index is -0.633. The molecule has 0 unspecified atom stereocenters. The fourth-order valence-electron chi connectivity index (χ4n) is 1.22. The van der Waals surface area contributed by atoms with E-state index in [4.69, 9.17) is 5.84 Å². The average Bonchev–Trinajstić information content (AvgIpc) is 2.55. The zero-order chi connectivity index (χ0) is 13.2. The maximum Gasteiger partial charge on any atom is 0.373 e. The van der Waals surface area contributed by atoms with Crippen molar-refractivity contribution in [2.24, 2.45) is 0 Å². The summed E-state index contributed by atoms with van der Waals surface area (Å²) >= 11 is 0. The molecule has 0 fully saturated rings. The van der Waals surface area contributed by atoms with Crippen LogP contribution in [-0.4, -0.2) is 26.0 Å². The minimum Gasteiger partial charge on any atom is -0.333 e. The molecule has 0 spiro atoms. The number of aryl methyl sites for hydroxylation is 1. The molecule has 0 aromatic carbocycles. The number of hydrogen-bond acceptors (Lipinski definition) is 4. The molecule has 0 aliphatic heterocycles. The molecule has 0 radical (unpaired) electrons. The van der Waals surface area contributed by atoms with Crippen LogP contribution in [0.2, 0.25) is 0 Å². The number of nitrogens with two attached hydrogens (primary N) is 1. The van der Waals surface area contributed by atoms with E-state index in [-0.39, 0.29) is 5.54 Å². The number of hydrogen-bond donors (Lipinski definition) is 2. The monoisotopic (exact) mass is 241 g/mol. The largest absolute Gasteiger partial charge is 0.373 e. The lowest BCUT2D eigenvalue weighted by Gasteiger charge is -2.23. The van der Waals surface area contributed by atoms with E-state index >= 15 is 0 Å². The van der Waals surface area contributed by atoms with Crippen LogP contribution in [0.3, 0.4) is 0 Å². The van der Waals surface area contributed by atoms with Gasteiger partial charge in [-0.05, 0) is 20.3 Å². The van der Waals surface area contributed by atoms with E-state index in [1.165, 1.54) is 0 Å². The summed E-state index contributed by atoms with van der Waals surface area (Å²) in [7, 11) is 0. The zero-order valence-electron chi connectivity index (χ0n) is 10.6. The van der Waals surface area contributed by atoms with Gasteiger partial charge in [0.05, 0.1) is 0 Å². The van der Waals surface area contributed by atoms with Crippen molar-refractivity contribution >= 4 is 6.03 Å². The molecular weight excluding hydrogens is 222 g/mol. The molecule has 0 aliphatic carbocycles. The van der Waals surface area contributed by atoms with E-state index in [0.717, 1.165) is 15.8 Å². The average molecular weight is 241 g/mol. The van der Waals surface area contributed by atoms with Crippen molar-refractivity contribution in [3.63, 3.8) is 0 Å². The fraction of sp³-hybridized carbons (Fsp3) is 0.700. The molecule has 7 nitrogen and oxygen atoms in total. The Hall–Kier alpha value is -1.79. The van der Waals surface area contributed by atoms with E-state index in [0.29, 0.717) is 12.2 Å². The van der Waals surface area contributed by atoms with E-state index in [2.05, 4.69) is 10.4 Å². The maximum atomic E-state index is 11.8. The highest BCUT2D eigenvalue weighted by atomic mass is 16.2. The third-order valence-electron chi connectivity index (χ3n) is 2.72. The van der Waals surface area contributed by atoms with Gasteiger partial charge in [0.1, 0.15) is 0 Å². The molecular formula is C10H19N5O2. The molecule has 1 amide bonds. The molecule has 0 atom stereocenters. The first-order valence-electron chi connectivity index (χ1n) is 5.61. The van der Waals surface area contributed by atoms with Crippen molar-refractivity contribution < 1.29 is 4.79 Å². The second-order valence-corrected chi connectivity index (χ2v) is 4.50. The smallest absolute Gasteiger partial charge is 0.333 e. The predicted molar refractivity (Wildman–Crippen MR) is 64.3 cm³/mol. The van der Waals surface area contributed by atoms with Crippen molar-refractivity contribution in [2.75, 3.05) is 5.84 Å². The van der Waals surface area contributed by atoms with E-state index < -0.39 is 11.7 Å². The van der Waals surface area contributed by atoms with Crippen LogP contribution in [0, 0.1) is 0 Å². The maximum absolute atomic E-state index is 11.8. The predicted octanol–water partition coefficient (Wildman–Crippen LogP) is 0.0673. The molecule has 0 bridgehead atoms. The van der Waals surface area contributed by atoms with Gasteiger partial charge < -0.3 is 11.2 Å². The highest BCUT2D eigenvalue weighted by Gasteiger charge is 2.22. The van der Waals surface area contributed by atoms with E-state index in [1.54, 1.807) is 0 Å². The summed E-state index contributed by atoms with van der Waals surface area (Å²) in [4.78, 5) is 23.5. The van der Waals surface area contributed by atoms with Crippen LogP contribution in [0.1, 0.15) is 39.9 Å². The number of nitrogen functional groups attached to an aromatic ring is 1. The molecule has 1 heterocycles. The van der Waals surface area contributed by atoms with Crippen LogP contribution >= 0.6 is 0 Å². The molecule has 0 aliphatic rings. The van der Waals surface area contributed by atoms with Crippen molar-refractivity contribution in [3.05, 3.63) is 16.3 Å². The first-order valence-corrected chi connectivity index (χ1v) is 5.61. The van der Waals surface area contributed by atoms with Crippen molar-refractivity contribution in [1.82, 2.24) is 19.8 Å². The molecule has 0 saturated heterocycles. The van der Waals surface area contributed by atoms with Crippen LogP contribution in [0.4, 0.5) is 4.79 Å². The normalized spacial score (nSPS) is 11.5. The Labute approximate surface area is 99.6 Å². The second-order valence-electron chi connectivity index (χ2n) is 4.50. The summed E-state index contributed by atoms with van der Waals surface area (Å²) in [5.74, 6) is 5.86. The SMILES string of the molecule is CCc1nn(C(=O)NC(C)(C)CC)c(=O)n1N. The van der Waals surface area contributed by atoms with E-state index in [1.807, 2.05) is 27.7 Å². The fourth-order valence-corrected chi connectivity index (χ4v) is 1.22. The van der Waals surface area contributed by atoms with Gasteiger partial charge in [0.25, 0.3) is 0 Å². The van der Waals surface area contributed by atoms with Gasteiger partial charge in [-0.25, -0.2) is 9.59 Å². The van der Waals surface area contributed by atoms with Gasteiger partial charge >= 0.3 is 11.7 Å². The summed E-state index contributed by atoms with van der Waals surface area (Å²) in [5, 5.41) is 6.60. The summed E-state index contributed by atoms with van der Waals surface area (Å²) in [6, 6.07) is -0.555. The number of nitrogens with zero attached hydrogens (tertiary/aromatic N) is 3. The minimum absolute atomic E-state index is 0.374. The molecule has 1 aromatic rings. The van der Waals surface area contributed by atoms with Crippen LogP contribution in [0.15, 0.2) is 4.79 Å². The lowest BCUT2D eigenvalue weighted by molar-refractivity contribution is 0.226. The molecule has 7 heteroatoms. The van der Waals surface area contributed by atoms with Gasteiger partial charge in [0, 0.05) is 12.0 Å². The van der Waals surface area contributed by atoms with E-state index in [9.17, 15) is 9.59 Å². The van der Waals surface area contributed by atoms with Gasteiger partial charge in [0.2, 0.25) is 0 Å². The number of carbonyl (C=O) groups is 1. The molecule has 96 valence electrons. The van der Waals surface area contributed by atoms with Gasteiger partial charge in [-0.15, -0.1) is 9.78 Å². The standard InChI is InChI=1S/C10H19N5O2/c1-5-7-13-15(9(17)14(7)11)8(16)12-10(3,4)6-2/h5-6,11H2,1-4H3,(H,12,16). The Kier molecular flexibility index (Phi) is 3.59. The number of aromatic nitrogens is 3. The number of carbonyl (C=O) groups excluding carboxylic acids is 1. The van der Waals surface area contributed by atoms with Gasteiger partial charge in [-0.3, -0.25) is 0 Å². The van der Waals surface area contributed by atoms with Crippen LogP contribution in [0.5, 0.6) is 0 Å². The van der Waals surface area contributed by atoms with Gasteiger partial charge in [0.15, 0.2) is 5.82 Å². The van der Waals surface area contributed by atoms with Crippen LogP contribution in [0.25, 0.3) is 0 Å². The van der Waals surface area contributed by atoms with Crippen LogP contribution in [-0.2, 0) is 6.42 Å². The third-order valence-corrected chi connectivity index (χ3v) is 2.72. The highest BCUT2D eigenvalue weighted by molar-refractivity contribution is 5.76. The van der Waals surface area contributed by atoms with Crippen LogP contribution < -0.4 is 16.8 Å². The first kappa shape index (κ1) is 13.3. The molecule has 1 rings (SSSR count). The third kappa shape index (κ3) is 2.66. The topological polar surface area (TPSA) is 94.9 Å². The van der Waals surface area contributed by atoms with Gasteiger partial charge in [-0.1, -0.05) is 13.8 Å².